The number of aliphatic hydroxyl groups is 4. The number of aromatic hydroxyl groups is 3. The maximum atomic E-state index is 13.5. The second-order valence-electron chi connectivity index (χ2n) is 18.0. The van der Waals surface area contributed by atoms with Crippen LogP contribution in [-0.2, 0) is 14.2 Å². The van der Waals surface area contributed by atoms with Crippen LogP contribution in [0.3, 0.4) is 0 Å². The van der Waals surface area contributed by atoms with Crippen molar-refractivity contribution in [2.24, 2.45) is 5.92 Å². The fourth-order valence-corrected chi connectivity index (χ4v) is 10.2. The van der Waals surface area contributed by atoms with Crippen molar-refractivity contribution in [1.29, 1.82) is 0 Å². The molecule has 0 amide bonds. The minimum Gasteiger partial charge on any atom is -0.506 e. The summed E-state index contributed by atoms with van der Waals surface area (Å²) in [5.41, 5.74) is -1.49. The largest absolute Gasteiger partial charge is 0.506 e. The number of phenolic OH excluding ortho intramolecular Hbond substituents is 2. The van der Waals surface area contributed by atoms with Crippen LogP contribution in [0.4, 0.5) is 0 Å². The van der Waals surface area contributed by atoms with Crippen molar-refractivity contribution in [3.63, 3.8) is 0 Å². The minimum atomic E-state index is -1.57. The molecule has 2 saturated heterocycles. The molecule has 10 aromatic rings. The first-order valence-electron chi connectivity index (χ1n) is 22.6. The third kappa shape index (κ3) is 6.70. The van der Waals surface area contributed by atoms with Gasteiger partial charge in [-0.05, 0) is 49.2 Å². The first-order valence-corrected chi connectivity index (χ1v) is 22.6. The smallest absolute Gasteiger partial charge is 0.348 e. The monoisotopic (exact) mass is 982 g/mol. The number of ether oxygens (including phenoxy) is 4. The van der Waals surface area contributed by atoms with E-state index in [-0.39, 0.29) is 87.7 Å². The summed E-state index contributed by atoms with van der Waals surface area (Å²) < 4.78 is 46.2. The molecule has 2 fully saturated rings. The summed E-state index contributed by atoms with van der Waals surface area (Å²) in [5, 5.41) is 77.1. The Labute approximate surface area is 402 Å². The van der Waals surface area contributed by atoms with Crippen LogP contribution in [0, 0.1) is 5.92 Å². The number of hydrogen-bond acceptors (Lipinski definition) is 19. The SMILES string of the molecule is C=Cc1ccc2oc(=O)c3c(O)c4cccc(=O)c4c4oc(O)c1c2c34.C=Cc1ccc2oc(=O)c3c(O)c4cccc(O[C@@H]5OC(C)[C@H](O)[C@H](O)C5O[C@H]5OC(C)[C@H](O)C(C)[C@H]5O)c4c4oc(=O)c1c2c34. The summed E-state index contributed by atoms with van der Waals surface area (Å²) in [4.78, 5) is 51.6. The molecule has 0 radical (unpaired) electrons. The number of rotatable bonds is 6. The van der Waals surface area contributed by atoms with Crippen molar-refractivity contribution in [2.45, 2.75) is 76.1 Å². The molecule has 368 valence electrons. The Kier molecular flexibility index (Phi) is 10.9. The van der Waals surface area contributed by atoms with E-state index in [4.69, 9.17) is 36.6 Å². The average Bonchev–Trinajstić information content (AvgIpc) is 3.36. The van der Waals surface area contributed by atoms with E-state index in [0.717, 1.165) is 0 Å². The zero-order valence-electron chi connectivity index (χ0n) is 38.1. The normalized spacial score (nSPS) is 24.8. The first-order chi connectivity index (χ1) is 34.4. The lowest BCUT2D eigenvalue weighted by Crippen LogP contribution is -2.62. The summed E-state index contributed by atoms with van der Waals surface area (Å²) in [5.74, 6) is -1.85. The van der Waals surface area contributed by atoms with E-state index >= 15 is 0 Å². The van der Waals surface area contributed by atoms with Crippen molar-refractivity contribution in [3.8, 4) is 23.2 Å². The lowest BCUT2D eigenvalue weighted by Gasteiger charge is -2.45. The van der Waals surface area contributed by atoms with Gasteiger partial charge in [0.2, 0.25) is 6.29 Å². The van der Waals surface area contributed by atoms with Crippen LogP contribution in [-0.4, -0.2) is 91.1 Å². The summed E-state index contributed by atoms with van der Waals surface area (Å²) in [7, 11) is 0. The molecule has 12 rings (SSSR count). The highest BCUT2D eigenvalue weighted by Gasteiger charge is 2.50. The molecule has 7 N–H and O–H groups in total. The van der Waals surface area contributed by atoms with Gasteiger partial charge in [0.15, 0.2) is 29.0 Å². The maximum absolute atomic E-state index is 13.5. The summed E-state index contributed by atoms with van der Waals surface area (Å²) in [6, 6.07) is 15.1. The minimum absolute atomic E-state index is 0.0128. The standard InChI is InChI=1S/C33H32O13.C20H10O6/c1-5-14-9-10-17-20-18(14)30(39)45-28-19-15(26(37)22(21(20)28)31(40)43-17)7-6-8-16(19)44-33-29(27(38)25(36)13(4)42-33)46-32-24(35)11(2)23(34)12(3)41-32;1-2-8-6-7-11-14-12(8)19(23)26-18-13-9(4-3-5-10(13)21)17(22)16(15(14)18)20(24)25-11/h5-13,23-25,27,29,32-38H,1H2,2-4H3;2-7,22-23H,1H2/t11?,12?,13?,23-,24-,25+,27+,29?,32-,33+;/m1./s1. The Balaban J connectivity index is 0.000000181. The quantitative estimate of drug-likeness (QED) is 0.0569. The van der Waals surface area contributed by atoms with Crippen molar-refractivity contribution < 1.29 is 72.4 Å². The van der Waals surface area contributed by atoms with Crippen LogP contribution in [0.25, 0.3) is 99.1 Å². The highest BCUT2D eigenvalue weighted by molar-refractivity contribution is 6.30. The molecule has 6 heterocycles. The molecule has 0 saturated carbocycles. The Morgan fingerprint density at radius 3 is 1.67 bits per heavy atom. The number of aliphatic hydroxyl groups excluding tert-OH is 4. The highest BCUT2D eigenvalue weighted by Crippen LogP contribution is 2.47. The van der Waals surface area contributed by atoms with Crippen LogP contribution in [0.2, 0.25) is 0 Å². The molecule has 0 spiro atoms. The van der Waals surface area contributed by atoms with Crippen LogP contribution in [0.15, 0.2) is 111 Å². The van der Waals surface area contributed by atoms with Crippen molar-refractivity contribution in [3.05, 3.63) is 126 Å². The molecule has 4 aromatic heterocycles. The molecule has 19 nitrogen and oxygen atoms in total. The number of hydrogen-bond donors (Lipinski definition) is 7. The summed E-state index contributed by atoms with van der Waals surface area (Å²) in [6.45, 7) is 12.2. The van der Waals surface area contributed by atoms with Gasteiger partial charge in [0.25, 0.3) is 5.95 Å². The molecule has 6 aromatic carbocycles. The highest BCUT2D eigenvalue weighted by atomic mass is 16.8. The molecule has 72 heavy (non-hydrogen) atoms. The van der Waals surface area contributed by atoms with E-state index in [1.54, 1.807) is 32.0 Å². The van der Waals surface area contributed by atoms with Crippen molar-refractivity contribution in [1.82, 2.24) is 0 Å². The van der Waals surface area contributed by atoms with E-state index in [0.29, 0.717) is 21.9 Å². The molecular weight excluding hydrogens is 941 g/mol. The van der Waals surface area contributed by atoms with Gasteiger partial charge in [-0.25, -0.2) is 14.4 Å². The Bertz CT molecular complexity index is 4130. The van der Waals surface area contributed by atoms with Crippen LogP contribution in [0.5, 0.6) is 23.2 Å². The molecule has 19 heteroatoms. The van der Waals surface area contributed by atoms with Crippen LogP contribution < -0.4 is 27.0 Å². The Morgan fingerprint density at radius 1 is 0.514 bits per heavy atom. The second kappa shape index (κ2) is 16.9. The van der Waals surface area contributed by atoms with Gasteiger partial charge in [0.1, 0.15) is 57.5 Å². The number of benzene rings is 6. The van der Waals surface area contributed by atoms with Gasteiger partial charge in [0, 0.05) is 38.2 Å². The van der Waals surface area contributed by atoms with Gasteiger partial charge in [-0.15, -0.1) is 0 Å². The zero-order chi connectivity index (χ0) is 50.9. The fourth-order valence-electron chi connectivity index (χ4n) is 10.2. The zero-order valence-corrected chi connectivity index (χ0v) is 38.1. The van der Waals surface area contributed by atoms with E-state index in [2.05, 4.69) is 13.2 Å². The lowest BCUT2D eigenvalue weighted by atomic mass is 9.91. The predicted molar refractivity (Wildman–Crippen MR) is 262 cm³/mol. The molecule has 0 bridgehead atoms. The lowest BCUT2D eigenvalue weighted by molar-refractivity contribution is -0.346. The van der Waals surface area contributed by atoms with Gasteiger partial charge >= 0.3 is 16.9 Å². The van der Waals surface area contributed by atoms with Gasteiger partial charge in [0.05, 0.1) is 39.9 Å². The van der Waals surface area contributed by atoms with E-state index in [1.807, 2.05) is 0 Å². The van der Waals surface area contributed by atoms with Gasteiger partial charge in [-0.2, -0.15) is 0 Å². The molecule has 2 aliphatic heterocycles. The predicted octanol–water partition coefficient (Wildman–Crippen LogP) is 6.02. The Hall–Kier alpha value is -7.88. The van der Waals surface area contributed by atoms with Crippen molar-refractivity contribution in [2.75, 3.05) is 0 Å². The number of fused-ring (bicyclic) bond motifs is 4. The molecule has 2 aliphatic rings. The summed E-state index contributed by atoms with van der Waals surface area (Å²) >= 11 is 0. The topological polar surface area (TPSA) is 299 Å². The van der Waals surface area contributed by atoms with Gasteiger partial charge in [-0.1, -0.05) is 68.6 Å². The third-order valence-electron chi connectivity index (χ3n) is 13.9. The maximum Gasteiger partial charge on any atom is 0.348 e. The molecular formula is C53H42O19. The van der Waals surface area contributed by atoms with Gasteiger partial charge < -0.3 is 72.4 Å². The summed E-state index contributed by atoms with van der Waals surface area (Å²) in [6.07, 6.45) is -8.11. The number of phenols is 2. The first kappa shape index (κ1) is 46.5. The van der Waals surface area contributed by atoms with Crippen LogP contribution >= 0.6 is 0 Å². The van der Waals surface area contributed by atoms with Gasteiger partial charge in [-0.3, -0.25) is 4.79 Å². The molecule has 10 atom stereocenters. The average molecular weight is 983 g/mol. The van der Waals surface area contributed by atoms with Crippen molar-refractivity contribution >= 4 is 99.1 Å². The molecule has 4 unspecified atom stereocenters. The third-order valence-corrected chi connectivity index (χ3v) is 13.9. The molecule has 0 aliphatic carbocycles. The fraction of sp³-hybridized carbons (Fsp3) is 0.245. The van der Waals surface area contributed by atoms with E-state index < -0.39 is 95.2 Å². The second-order valence-corrected chi connectivity index (χ2v) is 18.0. The Morgan fingerprint density at radius 2 is 1.04 bits per heavy atom. The van der Waals surface area contributed by atoms with E-state index in [9.17, 15) is 54.9 Å². The van der Waals surface area contributed by atoms with E-state index in [1.165, 1.54) is 61.5 Å². The van der Waals surface area contributed by atoms with Crippen LogP contribution in [0.1, 0.15) is 31.9 Å².